The molecular formula is C20H22ClN3. The van der Waals surface area contributed by atoms with Gasteiger partial charge in [-0.3, -0.25) is 9.97 Å². The van der Waals surface area contributed by atoms with Gasteiger partial charge in [-0.25, -0.2) is 0 Å². The molecule has 1 aromatic carbocycles. The minimum Gasteiger partial charge on any atom is -0.307 e. The number of benzene rings is 1. The average Bonchev–Trinajstić information content (AvgIpc) is 2.54. The first-order valence-electron chi connectivity index (χ1n) is 7.78. The van der Waals surface area contributed by atoms with Gasteiger partial charge in [0.05, 0.1) is 22.8 Å². The predicted molar refractivity (Wildman–Crippen MR) is 103 cm³/mol. The van der Waals surface area contributed by atoms with Crippen LogP contribution in [-0.2, 0) is 0 Å². The van der Waals surface area contributed by atoms with E-state index in [0.29, 0.717) is 0 Å². The third kappa shape index (κ3) is 3.41. The lowest BCUT2D eigenvalue weighted by molar-refractivity contribution is 1.10. The standard InChI is InChI=1S/C20H21N3.ClH/c1-14-9-10-15(2)20(13-14)23(18-7-5-11-21-16(18)3)19-8-6-12-22-17(19)4;/h5-13H,1-4H3;1H. The summed E-state index contributed by atoms with van der Waals surface area (Å²) < 4.78 is 0. The Balaban J connectivity index is 0.00000208. The quantitative estimate of drug-likeness (QED) is 0.621. The van der Waals surface area contributed by atoms with Crippen LogP contribution >= 0.6 is 12.4 Å². The molecular weight excluding hydrogens is 318 g/mol. The number of anilines is 3. The lowest BCUT2D eigenvalue weighted by atomic mass is 10.1. The minimum absolute atomic E-state index is 0. The van der Waals surface area contributed by atoms with Gasteiger partial charge in [-0.05, 0) is 69.2 Å². The summed E-state index contributed by atoms with van der Waals surface area (Å²) in [7, 11) is 0. The van der Waals surface area contributed by atoms with Crippen molar-refractivity contribution in [1.82, 2.24) is 9.97 Å². The highest BCUT2D eigenvalue weighted by Crippen LogP contribution is 2.38. The Morgan fingerprint density at radius 1 is 0.708 bits per heavy atom. The van der Waals surface area contributed by atoms with Crippen molar-refractivity contribution >= 4 is 29.5 Å². The maximum Gasteiger partial charge on any atom is 0.0675 e. The molecule has 0 bridgehead atoms. The largest absolute Gasteiger partial charge is 0.307 e. The highest BCUT2D eigenvalue weighted by molar-refractivity contribution is 5.85. The van der Waals surface area contributed by atoms with E-state index in [1.165, 1.54) is 11.1 Å². The topological polar surface area (TPSA) is 29.0 Å². The van der Waals surface area contributed by atoms with Crippen molar-refractivity contribution in [1.29, 1.82) is 0 Å². The SMILES string of the molecule is Cc1ccc(C)c(N(c2cccnc2C)c2cccnc2C)c1.Cl. The molecule has 0 aliphatic rings. The summed E-state index contributed by atoms with van der Waals surface area (Å²) >= 11 is 0. The molecule has 2 heterocycles. The first-order valence-corrected chi connectivity index (χ1v) is 7.78. The maximum absolute atomic E-state index is 4.47. The van der Waals surface area contributed by atoms with Gasteiger partial charge >= 0.3 is 0 Å². The fraction of sp³-hybridized carbons (Fsp3) is 0.200. The van der Waals surface area contributed by atoms with Gasteiger partial charge in [0.2, 0.25) is 0 Å². The highest BCUT2D eigenvalue weighted by atomic mass is 35.5. The van der Waals surface area contributed by atoms with Gasteiger partial charge in [-0.15, -0.1) is 12.4 Å². The Morgan fingerprint density at radius 3 is 1.75 bits per heavy atom. The molecule has 0 unspecified atom stereocenters. The normalized spacial score (nSPS) is 10.2. The molecule has 4 heteroatoms. The van der Waals surface area contributed by atoms with Gasteiger partial charge < -0.3 is 4.90 Å². The molecule has 2 aromatic heterocycles. The lowest BCUT2D eigenvalue weighted by Crippen LogP contribution is -2.15. The summed E-state index contributed by atoms with van der Waals surface area (Å²) in [5.41, 5.74) is 7.78. The van der Waals surface area contributed by atoms with Crippen LogP contribution in [0.5, 0.6) is 0 Å². The monoisotopic (exact) mass is 339 g/mol. The molecule has 0 saturated heterocycles. The highest BCUT2D eigenvalue weighted by Gasteiger charge is 2.18. The van der Waals surface area contributed by atoms with E-state index in [4.69, 9.17) is 0 Å². The maximum atomic E-state index is 4.47. The van der Waals surface area contributed by atoms with Crippen LogP contribution in [0.3, 0.4) is 0 Å². The molecule has 0 saturated carbocycles. The van der Waals surface area contributed by atoms with Crippen LogP contribution in [0.2, 0.25) is 0 Å². The molecule has 124 valence electrons. The fourth-order valence-electron chi connectivity index (χ4n) is 2.77. The smallest absolute Gasteiger partial charge is 0.0675 e. The minimum atomic E-state index is 0. The first-order chi connectivity index (χ1) is 11.1. The van der Waals surface area contributed by atoms with Crippen molar-refractivity contribution in [2.75, 3.05) is 4.90 Å². The number of pyridine rings is 2. The number of aryl methyl sites for hydroxylation is 4. The van der Waals surface area contributed by atoms with Crippen molar-refractivity contribution < 1.29 is 0 Å². The molecule has 3 aromatic rings. The van der Waals surface area contributed by atoms with Crippen molar-refractivity contribution in [3.63, 3.8) is 0 Å². The molecule has 0 aliphatic heterocycles. The third-order valence-corrected chi connectivity index (χ3v) is 4.05. The van der Waals surface area contributed by atoms with E-state index in [0.717, 1.165) is 28.5 Å². The van der Waals surface area contributed by atoms with E-state index < -0.39 is 0 Å². The predicted octanol–water partition coefficient (Wildman–Crippen LogP) is 5.60. The molecule has 3 nitrogen and oxygen atoms in total. The molecule has 0 radical (unpaired) electrons. The number of halogens is 1. The number of nitrogens with zero attached hydrogens (tertiary/aromatic N) is 3. The summed E-state index contributed by atoms with van der Waals surface area (Å²) in [6.07, 6.45) is 3.66. The summed E-state index contributed by atoms with van der Waals surface area (Å²) in [5.74, 6) is 0. The fourth-order valence-corrected chi connectivity index (χ4v) is 2.77. The third-order valence-electron chi connectivity index (χ3n) is 4.05. The van der Waals surface area contributed by atoms with Crippen LogP contribution < -0.4 is 4.90 Å². The van der Waals surface area contributed by atoms with Gasteiger partial charge in [-0.1, -0.05) is 12.1 Å². The second kappa shape index (κ2) is 7.45. The molecule has 0 aliphatic carbocycles. The van der Waals surface area contributed by atoms with Gasteiger partial charge in [-0.2, -0.15) is 0 Å². The van der Waals surface area contributed by atoms with E-state index in [1.54, 1.807) is 0 Å². The number of hydrogen-bond donors (Lipinski definition) is 0. The molecule has 0 amide bonds. The first kappa shape index (κ1) is 18.0. The molecule has 0 N–H and O–H groups in total. The summed E-state index contributed by atoms with van der Waals surface area (Å²) in [4.78, 5) is 11.2. The Kier molecular flexibility index (Phi) is 5.58. The molecule has 0 atom stereocenters. The zero-order chi connectivity index (χ0) is 16.4. The van der Waals surface area contributed by atoms with Crippen molar-refractivity contribution in [3.8, 4) is 0 Å². The zero-order valence-electron chi connectivity index (χ0n) is 14.4. The number of aromatic nitrogens is 2. The van der Waals surface area contributed by atoms with E-state index >= 15 is 0 Å². The van der Waals surface area contributed by atoms with E-state index in [1.807, 2.05) is 38.4 Å². The average molecular weight is 340 g/mol. The van der Waals surface area contributed by atoms with Gasteiger partial charge in [0.25, 0.3) is 0 Å². The molecule has 24 heavy (non-hydrogen) atoms. The van der Waals surface area contributed by atoms with Gasteiger partial charge in [0, 0.05) is 18.1 Å². The second-order valence-corrected chi connectivity index (χ2v) is 5.84. The molecule has 0 fully saturated rings. The Bertz CT molecular complexity index is 800. The van der Waals surface area contributed by atoms with Crippen LogP contribution in [0.25, 0.3) is 0 Å². The lowest BCUT2D eigenvalue weighted by Gasteiger charge is -2.29. The second-order valence-electron chi connectivity index (χ2n) is 5.84. The van der Waals surface area contributed by atoms with Crippen LogP contribution in [0, 0.1) is 27.7 Å². The summed E-state index contributed by atoms with van der Waals surface area (Å²) in [6.45, 7) is 8.34. The van der Waals surface area contributed by atoms with Crippen LogP contribution in [0.1, 0.15) is 22.5 Å². The van der Waals surface area contributed by atoms with Crippen LogP contribution in [-0.4, -0.2) is 9.97 Å². The number of rotatable bonds is 3. The Morgan fingerprint density at radius 2 is 1.25 bits per heavy atom. The van der Waals surface area contributed by atoms with Gasteiger partial charge in [0.15, 0.2) is 0 Å². The Hall–Kier alpha value is -2.39. The van der Waals surface area contributed by atoms with Crippen molar-refractivity contribution in [2.24, 2.45) is 0 Å². The molecule has 0 spiro atoms. The van der Waals surface area contributed by atoms with Gasteiger partial charge in [0.1, 0.15) is 0 Å². The van der Waals surface area contributed by atoms with E-state index in [9.17, 15) is 0 Å². The van der Waals surface area contributed by atoms with E-state index in [-0.39, 0.29) is 12.4 Å². The number of hydrogen-bond acceptors (Lipinski definition) is 3. The van der Waals surface area contributed by atoms with Crippen molar-refractivity contribution in [3.05, 3.63) is 77.4 Å². The van der Waals surface area contributed by atoms with Crippen LogP contribution in [0.15, 0.2) is 54.9 Å². The Labute approximate surface area is 149 Å². The van der Waals surface area contributed by atoms with Crippen molar-refractivity contribution in [2.45, 2.75) is 27.7 Å². The van der Waals surface area contributed by atoms with E-state index in [2.05, 4.69) is 59.0 Å². The van der Waals surface area contributed by atoms with Crippen LogP contribution in [0.4, 0.5) is 17.1 Å². The molecule has 3 rings (SSSR count). The summed E-state index contributed by atoms with van der Waals surface area (Å²) in [5, 5.41) is 0. The summed E-state index contributed by atoms with van der Waals surface area (Å²) in [6, 6.07) is 14.7. The zero-order valence-corrected chi connectivity index (χ0v) is 15.3.